The molecule has 4 nitrogen and oxygen atoms in total. The van der Waals surface area contributed by atoms with Crippen molar-refractivity contribution in [3.63, 3.8) is 0 Å². The van der Waals surface area contributed by atoms with E-state index in [1.165, 1.54) is 18.2 Å². The largest absolute Gasteiger partial charge is 0.326 e. The molecule has 0 aliphatic heterocycles. The van der Waals surface area contributed by atoms with Gasteiger partial charge in [-0.25, -0.2) is 17.2 Å². The molecule has 0 saturated carbocycles. The molecule has 112 valence electrons. The molecule has 2 rings (SSSR count). The van der Waals surface area contributed by atoms with Gasteiger partial charge >= 0.3 is 0 Å². The average Bonchev–Trinajstić information content (AvgIpc) is 2.42. The van der Waals surface area contributed by atoms with E-state index in [1.807, 2.05) is 0 Å². The lowest BCUT2D eigenvalue weighted by Crippen LogP contribution is -2.15. The van der Waals surface area contributed by atoms with Crippen molar-refractivity contribution in [1.82, 2.24) is 0 Å². The minimum atomic E-state index is -4.17. The number of rotatable bonds is 4. The highest BCUT2D eigenvalue weighted by molar-refractivity contribution is 7.92. The van der Waals surface area contributed by atoms with E-state index >= 15 is 0 Å². The minimum absolute atomic E-state index is 0.0563. The number of hydrogen-bond acceptors (Lipinski definition) is 3. The zero-order valence-electron chi connectivity index (χ0n) is 10.6. The van der Waals surface area contributed by atoms with Gasteiger partial charge in [-0.2, -0.15) is 0 Å². The topological polar surface area (TPSA) is 72.2 Å². The van der Waals surface area contributed by atoms with Crippen molar-refractivity contribution in [2.45, 2.75) is 11.4 Å². The van der Waals surface area contributed by atoms with Crippen LogP contribution in [-0.2, 0) is 16.6 Å². The van der Waals surface area contributed by atoms with Gasteiger partial charge in [-0.15, -0.1) is 0 Å². The lowest BCUT2D eigenvalue weighted by Gasteiger charge is -2.10. The molecule has 0 aromatic heterocycles. The van der Waals surface area contributed by atoms with Crippen LogP contribution in [0.3, 0.4) is 0 Å². The third kappa shape index (κ3) is 3.49. The van der Waals surface area contributed by atoms with Gasteiger partial charge in [0.15, 0.2) is 0 Å². The Morgan fingerprint density at radius 1 is 1.10 bits per heavy atom. The number of hydrogen-bond donors (Lipinski definition) is 2. The standard InChI is InChI=1S/C13H11ClF2N2O2S/c14-10-3-2-9(6-11(10)15)18-21(19,20)13-4-1-8(7-17)5-12(13)16/h1-6,18H,7,17H2. The summed E-state index contributed by atoms with van der Waals surface area (Å²) in [7, 11) is -4.17. The van der Waals surface area contributed by atoms with Crippen molar-refractivity contribution in [2.24, 2.45) is 5.73 Å². The van der Waals surface area contributed by atoms with Crippen molar-refractivity contribution < 1.29 is 17.2 Å². The normalized spacial score (nSPS) is 11.4. The van der Waals surface area contributed by atoms with Crippen LogP contribution in [0.15, 0.2) is 41.3 Å². The van der Waals surface area contributed by atoms with E-state index in [-0.39, 0.29) is 17.3 Å². The molecule has 0 bridgehead atoms. The summed E-state index contributed by atoms with van der Waals surface area (Å²) in [6, 6.07) is 6.92. The first-order chi connectivity index (χ1) is 9.83. The third-order valence-corrected chi connectivity index (χ3v) is 4.41. The molecule has 0 heterocycles. The zero-order chi connectivity index (χ0) is 15.6. The number of sulfonamides is 1. The molecule has 0 aliphatic rings. The molecule has 0 amide bonds. The van der Waals surface area contributed by atoms with Crippen LogP contribution < -0.4 is 10.5 Å². The molecule has 0 saturated heterocycles. The molecule has 0 radical (unpaired) electrons. The highest BCUT2D eigenvalue weighted by atomic mass is 35.5. The summed E-state index contributed by atoms with van der Waals surface area (Å²) in [6.45, 7) is 0.0903. The van der Waals surface area contributed by atoms with Crippen LogP contribution in [0.2, 0.25) is 5.02 Å². The van der Waals surface area contributed by atoms with Crippen molar-refractivity contribution in [3.05, 3.63) is 58.6 Å². The van der Waals surface area contributed by atoms with Crippen molar-refractivity contribution >= 4 is 27.3 Å². The van der Waals surface area contributed by atoms with Crippen LogP contribution in [0.5, 0.6) is 0 Å². The van der Waals surface area contributed by atoms with Gasteiger partial charge in [0.25, 0.3) is 10.0 Å². The quantitative estimate of drug-likeness (QED) is 0.904. The Bertz CT molecular complexity index is 782. The van der Waals surface area contributed by atoms with Crippen molar-refractivity contribution in [3.8, 4) is 0 Å². The monoisotopic (exact) mass is 332 g/mol. The Kier molecular flexibility index (Phi) is 4.46. The second-order valence-electron chi connectivity index (χ2n) is 4.20. The molecular weight excluding hydrogens is 322 g/mol. The maximum atomic E-state index is 13.8. The fraction of sp³-hybridized carbons (Fsp3) is 0.0769. The maximum Gasteiger partial charge on any atom is 0.264 e. The summed E-state index contributed by atoms with van der Waals surface area (Å²) < 4.78 is 53.3. The first kappa shape index (κ1) is 15.7. The summed E-state index contributed by atoms with van der Waals surface area (Å²) in [5.74, 6) is -1.71. The highest BCUT2D eigenvalue weighted by Gasteiger charge is 2.19. The molecule has 0 fully saturated rings. The molecular formula is C13H11ClF2N2O2S. The van der Waals surface area contributed by atoms with Gasteiger partial charge in [-0.1, -0.05) is 17.7 Å². The zero-order valence-corrected chi connectivity index (χ0v) is 12.2. The van der Waals surface area contributed by atoms with E-state index in [0.29, 0.717) is 5.56 Å². The van der Waals surface area contributed by atoms with Gasteiger partial charge in [0.1, 0.15) is 16.5 Å². The second kappa shape index (κ2) is 5.97. The Balaban J connectivity index is 2.36. The molecule has 8 heteroatoms. The lowest BCUT2D eigenvalue weighted by molar-refractivity contribution is 0.569. The van der Waals surface area contributed by atoms with Gasteiger partial charge in [0, 0.05) is 6.54 Å². The number of nitrogens with two attached hydrogens (primary N) is 1. The van der Waals surface area contributed by atoms with E-state index < -0.39 is 26.6 Å². The third-order valence-electron chi connectivity index (χ3n) is 2.69. The van der Waals surface area contributed by atoms with E-state index in [2.05, 4.69) is 4.72 Å². The Hall–Kier alpha value is -1.70. The second-order valence-corrected chi connectivity index (χ2v) is 6.26. The lowest BCUT2D eigenvalue weighted by atomic mass is 10.2. The highest BCUT2D eigenvalue weighted by Crippen LogP contribution is 2.23. The first-order valence-electron chi connectivity index (χ1n) is 5.80. The van der Waals surface area contributed by atoms with Crippen LogP contribution in [0.4, 0.5) is 14.5 Å². The van der Waals surface area contributed by atoms with Gasteiger partial charge in [0.05, 0.1) is 10.7 Å². The van der Waals surface area contributed by atoms with Crippen LogP contribution >= 0.6 is 11.6 Å². The summed E-state index contributed by atoms with van der Waals surface area (Å²) >= 11 is 5.50. The Labute approximate surface area is 125 Å². The summed E-state index contributed by atoms with van der Waals surface area (Å²) in [5.41, 5.74) is 5.75. The molecule has 0 aliphatic carbocycles. The van der Waals surface area contributed by atoms with Gasteiger partial charge in [-0.3, -0.25) is 4.72 Å². The van der Waals surface area contributed by atoms with Gasteiger partial charge < -0.3 is 5.73 Å². The van der Waals surface area contributed by atoms with Crippen LogP contribution in [-0.4, -0.2) is 8.42 Å². The van der Waals surface area contributed by atoms with Crippen molar-refractivity contribution in [2.75, 3.05) is 4.72 Å². The van der Waals surface area contributed by atoms with Crippen LogP contribution in [0, 0.1) is 11.6 Å². The smallest absolute Gasteiger partial charge is 0.264 e. The number of nitrogens with one attached hydrogen (secondary N) is 1. The molecule has 0 atom stereocenters. The fourth-order valence-electron chi connectivity index (χ4n) is 1.66. The minimum Gasteiger partial charge on any atom is -0.326 e. The van der Waals surface area contributed by atoms with Crippen molar-refractivity contribution in [1.29, 1.82) is 0 Å². The van der Waals surface area contributed by atoms with Crippen LogP contribution in [0.1, 0.15) is 5.56 Å². The van der Waals surface area contributed by atoms with Crippen LogP contribution in [0.25, 0.3) is 0 Å². The maximum absolute atomic E-state index is 13.8. The van der Waals surface area contributed by atoms with E-state index in [1.54, 1.807) is 0 Å². The molecule has 3 N–H and O–H groups in total. The Morgan fingerprint density at radius 3 is 2.38 bits per heavy atom. The summed E-state index contributed by atoms with van der Waals surface area (Å²) in [4.78, 5) is -0.546. The Morgan fingerprint density at radius 2 is 1.81 bits per heavy atom. The molecule has 0 unspecified atom stereocenters. The number of anilines is 1. The fourth-order valence-corrected chi connectivity index (χ4v) is 2.89. The molecule has 0 spiro atoms. The van der Waals surface area contributed by atoms with E-state index in [9.17, 15) is 17.2 Å². The molecule has 21 heavy (non-hydrogen) atoms. The predicted molar refractivity (Wildman–Crippen MR) is 76.5 cm³/mol. The predicted octanol–water partition coefficient (Wildman–Crippen LogP) is 2.88. The van der Waals surface area contributed by atoms with E-state index in [0.717, 1.165) is 18.2 Å². The molecule has 2 aromatic rings. The SMILES string of the molecule is NCc1ccc(S(=O)(=O)Nc2ccc(Cl)c(F)c2)c(F)c1. The average molecular weight is 333 g/mol. The van der Waals surface area contributed by atoms with Gasteiger partial charge in [-0.05, 0) is 35.9 Å². The number of halogens is 3. The number of benzene rings is 2. The summed E-state index contributed by atoms with van der Waals surface area (Å²) in [5, 5.41) is -0.142. The van der Waals surface area contributed by atoms with E-state index in [4.69, 9.17) is 17.3 Å². The summed E-state index contributed by atoms with van der Waals surface area (Å²) in [6.07, 6.45) is 0. The molecule has 2 aromatic carbocycles. The first-order valence-corrected chi connectivity index (χ1v) is 7.66. The van der Waals surface area contributed by atoms with Gasteiger partial charge in [0.2, 0.25) is 0 Å².